The second kappa shape index (κ2) is 6.77. The number of hydrogen-bond acceptors (Lipinski definition) is 4. The molecule has 4 heteroatoms. The first kappa shape index (κ1) is 14.8. The first-order valence-electron chi connectivity index (χ1n) is 7.90. The third-order valence-corrected chi connectivity index (χ3v) is 4.00. The smallest absolute Gasteiger partial charge is 0.144 e. The van der Waals surface area contributed by atoms with E-state index in [4.69, 9.17) is 18.8 Å². The molecule has 1 aliphatic rings. The van der Waals surface area contributed by atoms with Crippen LogP contribution in [0.1, 0.15) is 48.7 Å². The third kappa shape index (κ3) is 3.75. The van der Waals surface area contributed by atoms with E-state index in [9.17, 15) is 0 Å². The molecule has 116 valence electrons. The Balaban J connectivity index is 1.68. The molecular weight excluding hydrogens is 276 g/mol. The highest BCUT2D eigenvalue weighted by Crippen LogP contribution is 2.24. The van der Waals surface area contributed by atoms with Crippen molar-refractivity contribution >= 4 is 12.4 Å². The molecule has 0 aliphatic heterocycles. The summed E-state index contributed by atoms with van der Waals surface area (Å²) in [5, 5.41) is 0. The summed E-state index contributed by atoms with van der Waals surface area (Å²) in [6.45, 7) is 3.88. The zero-order chi connectivity index (χ0) is 15.4. The summed E-state index contributed by atoms with van der Waals surface area (Å²) in [4.78, 5) is 9.41. The predicted molar refractivity (Wildman–Crippen MR) is 88.1 cm³/mol. The molecule has 22 heavy (non-hydrogen) atoms. The Hall–Kier alpha value is -2.10. The summed E-state index contributed by atoms with van der Waals surface area (Å²) in [5.74, 6) is 3.45. The van der Waals surface area contributed by atoms with Gasteiger partial charge in [0.25, 0.3) is 0 Å². The average Bonchev–Trinajstić information content (AvgIpc) is 3.12. The van der Waals surface area contributed by atoms with E-state index in [0.29, 0.717) is 0 Å². The average molecular weight is 298 g/mol. The van der Waals surface area contributed by atoms with Gasteiger partial charge in [0.15, 0.2) is 0 Å². The van der Waals surface area contributed by atoms with Gasteiger partial charge in [-0.1, -0.05) is 12.8 Å². The molecule has 0 amide bonds. The van der Waals surface area contributed by atoms with Crippen LogP contribution >= 0.6 is 0 Å². The second-order valence-corrected chi connectivity index (χ2v) is 5.87. The Morgan fingerprint density at radius 2 is 1.27 bits per heavy atom. The lowest BCUT2D eigenvalue weighted by molar-refractivity contribution is 0.389. The van der Waals surface area contributed by atoms with E-state index in [0.717, 1.165) is 35.9 Å². The van der Waals surface area contributed by atoms with Crippen LogP contribution in [0.15, 0.2) is 43.1 Å². The Bertz CT molecular complexity index is 608. The molecular formula is C18H22N2O2. The summed E-state index contributed by atoms with van der Waals surface area (Å²) >= 11 is 0. The lowest BCUT2D eigenvalue weighted by atomic mass is 9.91. The third-order valence-electron chi connectivity index (χ3n) is 4.00. The fraction of sp³-hybridized carbons (Fsp3) is 0.444. The van der Waals surface area contributed by atoms with E-state index in [1.807, 2.05) is 50.5 Å². The van der Waals surface area contributed by atoms with Gasteiger partial charge in [0, 0.05) is 0 Å². The first-order chi connectivity index (χ1) is 10.7. The molecule has 2 aromatic rings. The Morgan fingerprint density at radius 3 is 1.64 bits per heavy atom. The minimum Gasteiger partial charge on any atom is -0.460 e. The maximum Gasteiger partial charge on any atom is 0.144 e. The van der Waals surface area contributed by atoms with Crippen LogP contribution < -0.4 is 0 Å². The maximum atomic E-state index is 5.54. The Labute approximate surface area is 131 Å². The van der Waals surface area contributed by atoms with Gasteiger partial charge in [-0.2, -0.15) is 0 Å². The fourth-order valence-corrected chi connectivity index (χ4v) is 2.82. The molecule has 1 aliphatic carbocycles. The van der Waals surface area contributed by atoms with E-state index in [1.165, 1.54) is 12.8 Å². The minimum absolute atomic E-state index is 0.228. The SMILES string of the molecule is Cc1ccc(C=N[C@@H]2CCCC[C@H]2N=Cc2ccc(C)o2)o1. The summed E-state index contributed by atoms with van der Waals surface area (Å²) in [5.41, 5.74) is 0. The summed E-state index contributed by atoms with van der Waals surface area (Å²) in [6, 6.07) is 8.27. The quantitative estimate of drug-likeness (QED) is 0.788. The fourth-order valence-electron chi connectivity index (χ4n) is 2.82. The van der Waals surface area contributed by atoms with Crippen LogP contribution in [0.25, 0.3) is 0 Å². The lowest BCUT2D eigenvalue weighted by Crippen LogP contribution is -2.27. The number of aryl methyl sites for hydroxylation is 2. The molecule has 2 heterocycles. The second-order valence-electron chi connectivity index (χ2n) is 5.87. The predicted octanol–water partition coefficient (Wildman–Crippen LogP) is 4.34. The zero-order valence-electron chi connectivity index (χ0n) is 13.2. The first-order valence-corrected chi connectivity index (χ1v) is 7.90. The molecule has 0 saturated heterocycles. The van der Waals surface area contributed by atoms with E-state index in [1.54, 1.807) is 0 Å². The number of aliphatic imine (C=N–C) groups is 2. The number of hydrogen-bond donors (Lipinski definition) is 0. The van der Waals surface area contributed by atoms with Gasteiger partial charge in [0.05, 0.1) is 24.5 Å². The topological polar surface area (TPSA) is 51.0 Å². The maximum absolute atomic E-state index is 5.54. The molecule has 0 spiro atoms. The van der Waals surface area contributed by atoms with Gasteiger partial charge in [-0.3, -0.25) is 9.98 Å². The van der Waals surface area contributed by atoms with Crippen molar-refractivity contribution in [2.75, 3.05) is 0 Å². The summed E-state index contributed by atoms with van der Waals surface area (Å²) in [6.07, 6.45) is 8.26. The Morgan fingerprint density at radius 1 is 0.818 bits per heavy atom. The molecule has 2 aromatic heterocycles. The van der Waals surface area contributed by atoms with Gasteiger partial charge in [-0.05, 0) is 51.0 Å². The number of furan rings is 2. The van der Waals surface area contributed by atoms with Gasteiger partial charge in [0.2, 0.25) is 0 Å². The van der Waals surface area contributed by atoms with Gasteiger partial charge >= 0.3 is 0 Å². The monoisotopic (exact) mass is 298 g/mol. The van der Waals surface area contributed by atoms with E-state index in [2.05, 4.69) is 0 Å². The van der Waals surface area contributed by atoms with E-state index >= 15 is 0 Å². The highest BCUT2D eigenvalue weighted by molar-refractivity contribution is 5.77. The minimum atomic E-state index is 0.228. The van der Waals surface area contributed by atoms with Gasteiger partial charge in [-0.15, -0.1) is 0 Å². The van der Waals surface area contributed by atoms with Crippen LogP contribution in [-0.4, -0.2) is 24.5 Å². The van der Waals surface area contributed by atoms with Crippen LogP contribution in [0.4, 0.5) is 0 Å². The molecule has 3 rings (SSSR count). The van der Waals surface area contributed by atoms with Crippen LogP contribution in [0.5, 0.6) is 0 Å². The van der Waals surface area contributed by atoms with Crippen molar-refractivity contribution in [3.8, 4) is 0 Å². The molecule has 0 radical (unpaired) electrons. The molecule has 1 fully saturated rings. The molecule has 0 bridgehead atoms. The van der Waals surface area contributed by atoms with E-state index in [-0.39, 0.29) is 12.1 Å². The molecule has 2 atom stereocenters. The van der Waals surface area contributed by atoms with Gasteiger partial charge < -0.3 is 8.83 Å². The Kier molecular flexibility index (Phi) is 4.56. The molecule has 0 unspecified atom stereocenters. The normalized spacial score (nSPS) is 22.8. The summed E-state index contributed by atoms with van der Waals surface area (Å²) < 4.78 is 11.1. The molecule has 1 saturated carbocycles. The standard InChI is InChI=1S/C18H22N2O2/c1-13-7-9-15(21-13)11-19-17-5-3-4-6-18(17)20-12-16-10-8-14(2)22-16/h7-12,17-18H,3-6H2,1-2H3/t17-,18-/m1/s1. The van der Waals surface area contributed by atoms with E-state index < -0.39 is 0 Å². The highest BCUT2D eigenvalue weighted by Gasteiger charge is 2.23. The highest BCUT2D eigenvalue weighted by atomic mass is 16.3. The van der Waals surface area contributed by atoms with Crippen molar-refractivity contribution < 1.29 is 8.83 Å². The van der Waals surface area contributed by atoms with Crippen molar-refractivity contribution in [2.24, 2.45) is 9.98 Å². The summed E-state index contributed by atoms with van der Waals surface area (Å²) in [7, 11) is 0. The van der Waals surface area contributed by atoms with Crippen molar-refractivity contribution in [2.45, 2.75) is 51.6 Å². The van der Waals surface area contributed by atoms with Crippen LogP contribution in [0, 0.1) is 13.8 Å². The van der Waals surface area contributed by atoms with Gasteiger partial charge in [0.1, 0.15) is 23.0 Å². The van der Waals surface area contributed by atoms with Crippen molar-refractivity contribution in [3.05, 3.63) is 47.3 Å². The van der Waals surface area contributed by atoms with Crippen molar-refractivity contribution in [1.82, 2.24) is 0 Å². The van der Waals surface area contributed by atoms with Gasteiger partial charge in [-0.25, -0.2) is 0 Å². The van der Waals surface area contributed by atoms with Crippen molar-refractivity contribution in [3.63, 3.8) is 0 Å². The molecule has 0 aromatic carbocycles. The lowest BCUT2D eigenvalue weighted by Gasteiger charge is -2.25. The molecule has 4 nitrogen and oxygen atoms in total. The van der Waals surface area contributed by atoms with Crippen LogP contribution in [0.3, 0.4) is 0 Å². The van der Waals surface area contributed by atoms with Crippen LogP contribution in [0.2, 0.25) is 0 Å². The number of rotatable bonds is 4. The zero-order valence-corrected chi connectivity index (χ0v) is 13.2. The number of nitrogens with zero attached hydrogens (tertiary/aromatic N) is 2. The largest absolute Gasteiger partial charge is 0.460 e. The van der Waals surface area contributed by atoms with Crippen molar-refractivity contribution in [1.29, 1.82) is 0 Å². The molecule has 0 N–H and O–H groups in total. The van der Waals surface area contributed by atoms with Crippen LogP contribution in [-0.2, 0) is 0 Å².